The van der Waals surface area contributed by atoms with Crippen LogP contribution in [0.15, 0.2) is 24.3 Å². The van der Waals surface area contributed by atoms with Gasteiger partial charge in [0, 0.05) is 19.5 Å². The molecular formula is C15H21FN6O. The Hall–Kier alpha value is -2.35. The molecule has 1 aromatic heterocycles. The SMILES string of the molecule is CCNCCNC(=O)C(Cc1ccc(F)cc1)n1nnnc1C. The maximum atomic E-state index is 13.0. The number of nitrogens with one attached hydrogen (secondary N) is 2. The first-order chi connectivity index (χ1) is 11.1. The van der Waals surface area contributed by atoms with Crippen LogP contribution in [0, 0.1) is 12.7 Å². The fourth-order valence-corrected chi connectivity index (χ4v) is 2.23. The molecule has 1 atom stereocenters. The van der Waals surface area contributed by atoms with Gasteiger partial charge >= 0.3 is 0 Å². The molecule has 2 rings (SSSR count). The average molecular weight is 320 g/mol. The van der Waals surface area contributed by atoms with Crippen molar-refractivity contribution in [3.8, 4) is 0 Å². The van der Waals surface area contributed by atoms with E-state index in [2.05, 4.69) is 26.2 Å². The summed E-state index contributed by atoms with van der Waals surface area (Å²) in [5.41, 5.74) is 0.841. The minimum absolute atomic E-state index is 0.164. The molecule has 0 bridgehead atoms. The lowest BCUT2D eigenvalue weighted by atomic mass is 10.1. The Morgan fingerprint density at radius 2 is 2.04 bits per heavy atom. The van der Waals surface area contributed by atoms with Crippen molar-refractivity contribution in [1.82, 2.24) is 30.8 Å². The number of nitrogens with zero attached hydrogens (tertiary/aromatic N) is 4. The lowest BCUT2D eigenvalue weighted by molar-refractivity contribution is -0.124. The number of aryl methyl sites for hydroxylation is 1. The van der Waals surface area contributed by atoms with Crippen LogP contribution in [0.4, 0.5) is 4.39 Å². The molecule has 1 heterocycles. The second kappa shape index (κ2) is 8.33. The zero-order valence-electron chi connectivity index (χ0n) is 13.3. The molecule has 0 radical (unpaired) electrons. The summed E-state index contributed by atoms with van der Waals surface area (Å²) < 4.78 is 14.5. The van der Waals surface area contributed by atoms with E-state index in [1.165, 1.54) is 16.8 Å². The van der Waals surface area contributed by atoms with Crippen LogP contribution in [0.25, 0.3) is 0 Å². The molecule has 0 saturated carbocycles. The van der Waals surface area contributed by atoms with Crippen molar-refractivity contribution in [2.24, 2.45) is 0 Å². The van der Waals surface area contributed by atoms with Crippen LogP contribution in [-0.4, -0.2) is 45.7 Å². The van der Waals surface area contributed by atoms with Gasteiger partial charge in [0.05, 0.1) is 0 Å². The largest absolute Gasteiger partial charge is 0.353 e. The highest BCUT2D eigenvalue weighted by molar-refractivity contribution is 5.80. The van der Waals surface area contributed by atoms with E-state index in [1.54, 1.807) is 19.1 Å². The second-order valence-electron chi connectivity index (χ2n) is 5.16. The molecule has 0 saturated heterocycles. The normalized spacial score (nSPS) is 12.1. The van der Waals surface area contributed by atoms with E-state index in [0.29, 0.717) is 25.3 Å². The molecule has 124 valence electrons. The van der Waals surface area contributed by atoms with Gasteiger partial charge in [-0.05, 0) is 41.6 Å². The lowest BCUT2D eigenvalue weighted by Crippen LogP contribution is -2.38. The number of aromatic nitrogens is 4. The van der Waals surface area contributed by atoms with Crippen molar-refractivity contribution in [1.29, 1.82) is 0 Å². The van der Waals surface area contributed by atoms with E-state index in [4.69, 9.17) is 0 Å². The van der Waals surface area contributed by atoms with Crippen LogP contribution in [0.2, 0.25) is 0 Å². The van der Waals surface area contributed by atoms with Gasteiger partial charge in [0.25, 0.3) is 0 Å². The monoisotopic (exact) mass is 320 g/mol. The summed E-state index contributed by atoms with van der Waals surface area (Å²) in [5, 5.41) is 17.4. The molecule has 0 spiro atoms. The van der Waals surface area contributed by atoms with Crippen LogP contribution in [0.3, 0.4) is 0 Å². The van der Waals surface area contributed by atoms with Gasteiger partial charge in [-0.2, -0.15) is 0 Å². The molecule has 23 heavy (non-hydrogen) atoms. The van der Waals surface area contributed by atoms with Crippen LogP contribution in [0.1, 0.15) is 24.4 Å². The fourth-order valence-electron chi connectivity index (χ4n) is 2.23. The Kier molecular flexibility index (Phi) is 6.16. The number of halogens is 1. The van der Waals surface area contributed by atoms with E-state index >= 15 is 0 Å². The third-order valence-corrected chi connectivity index (χ3v) is 3.45. The van der Waals surface area contributed by atoms with Gasteiger partial charge in [0.15, 0.2) is 0 Å². The average Bonchev–Trinajstić information content (AvgIpc) is 2.96. The molecule has 0 aliphatic rings. The van der Waals surface area contributed by atoms with Gasteiger partial charge in [-0.3, -0.25) is 4.79 Å². The van der Waals surface area contributed by atoms with Gasteiger partial charge in [0.1, 0.15) is 17.7 Å². The van der Waals surface area contributed by atoms with E-state index in [0.717, 1.165) is 12.1 Å². The van der Waals surface area contributed by atoms with Gasteiger partial charge in [-0.25, -0.2) is 9.07 Å². The highest BCUT2D eigenvalue weighted by atomic mass is 19.1. The smallest absolute Gasteiger partial charge is 0.245 e. The number of hydrogen-bond donors (Lipinski definition) is 2. The molecular weight excluding hydrogens is 299 g/mol. The Balaban J connectivity index is 2.10. The fraction of sp³-hybridized carbons (Fsp3) is 0.467. The zero-order chi connectivity index (χ0) is 16.7. The highest BCUT2D eigenvalue weighted by Gasteiger charge is 2.23. The van der Waals surface area contributed by atoms with Gasteiger partial charge in [-0.1, -0.05) is 19.1 Å². The Bertz CT molecular complexity index is 627. The number of benzene rings is 1. The maximum absolute atomic E-state index is 13.0. The van der Waals surface area contributed by atoms with Gasteiger partial charge in [-0.15, -0.1) is 5.10 Å². The van der Waals surface area contributed by atoms with Crippen LogP contribution in [-0.2, 0) is 11.2 Å². The quantitative estimate of drug-likeness (QED) is 0.697. The first kappa shape index (κ1) is 17.0. The molecule has 8 heteroatoms. The summed E-state index contributed by atoms with van der Waals surface area (Å²) in [5.74, 6) is 0.0839. The minimum Gasteiger partial charge on any atom is -0.353 e. The van der Waals surface area contributed by atoms with Crippen molar-refractivity contribution in [2.45, 2.75) is 26.3 Å². The van der Waals surface area contributed by atoms with E-state index in [1.807, 2.05) is 6.92 Å². The third kappa shape index (κ3) is 4.82. The highest BCUT2D eigenvalue weighted by Crippen LogP contribution is 2.15. The topological polar surface area (TPSA) is 84.7 Å². The number of rotatable bonds is 8. The van der Waals surface area contributed by atoms with Crippen LogP contribution >= 0.6 is 0 Å². The first-order valence-electron chi connectivity index (χ1n) is 7.59. The number of carbonyl (C=O) groups is 1. The van der Waals surface area contributed by atoms with Crippen molar-refractivity contribution in [3.63, 3.8) is 0 Å². The predicted molar refractivity (Wildman–Crippen MR) is 83.2 cm³/mol. The lowest BCUT2D eigenvalue weighted by Gasteiger charge is -2.17. The second-order valence-corrected chi connectivity index (χ2v) is 5.16. The Morgan fingerprint density at radius 3 is 2.65 bits per heavy atom. The van der Waals surface area contributed by atoms with Crippen molar-refractivity contribution < 1.29 is 9.18 Å². The van der Waals surface area contributed by atoms with E-state index in [-0.39, 0.29) is 11.7 Å². The molecule has 0 fully saturated rings. The molecule has 0 aliphatic carbocycles. The van der Waals surface area contributed by atoms with Crippen molar-refractivity contribution >= 4 is 5.91 Å². The molecule has 1 aromatic carbocycles. The number of tetrazole rings is 1. The molecule has 1 unspecified atom stereocenters. The zero-order valence-corrected chi connectivity index (χ0v) is 13.3. The summed E-state index contributed by atoms with van der Waals surface area (Å²) in [6.07, 6.45) is 0.388. The summed E-state index contributed by atoms with van der Waals surface area (Å²) in [4.78, 5) is 12.5. The van der Waals surface area contributed by atoms with E-state index < -0.39 is 6.04 Å². The standard InChI is InChI=1S/C15H21FN6O/c1-3-17-8-9-18-15(23)14(22-11(2)19-20-21-22)10-12-4-6-13(16)7-5-12/h4-7,14,17H,3,8-10H2,1-2H3,(H,18,23). The summed E-state index contributed by atoms with van der Waals surface area (Å²) in [7, 11) is 0. The molecule has 2 aromatic rings. The number of likely N-dealkylation sites (N-methyl/N-ethyl adjacent to an activating group) is 1. The van der Waals surface area contributed by atoms with E-state index in [9.17, 15) is 9.18 Å². The van der Waals surface area contributed by atoms with Gasteiger partial charge in [0.2, 0.25) is 5.91 Å². The summed E-state index contributed by atoms with van der Waals surface area (Å²) >= 11 is 0. The predicted octanol–water partition coefficient (Wildman–Crippen LogP) is 0.630. The first-order valence-corrected chi connectivity index (χ1v) is 7.59. The third-order valence-electron chi connectivity index (χ3n) is 3.45. The van der Waals surface area contributed by atoms with Gasteiger partial charge < -0.3 is 10.6 Å². The maximum Gasteiger partial charge on any atom is 0.245 e. The number of amides is 1. The summed E-state index contributed by atoms with van der Waals surface area (Å²) in [6.45, 7) is 5.81. The number of carbonyl (C=O) groups excluding carboxylic acids is 1. The molecule has 7 nitrogen and oxygen atoms in total. The molecule has 1 amide bonds. The Morgan fingerprint density at radius 1 is 1.30 bits per heavy atom. The number of hydrogen-bond acceptors (Lipinski definition) is 5. The van der Waals surface area contributed by atoms with Crippen molar-refractivity contribution in [3.05, 3.63) is 41.5 Å². The minimum atomic E-state index is -0.572. The summed E-state index contributed by atoms with van der Waals surface area (Å²) in [6, 6.07) is 5.50. The molecule has 0 aliphatic heterocycles. The van der Waals surface area contributed by atoms with Crippen molar-refractivity contribution in [2.75, 3.05) is 19.6 Å². The molecule has 2 N–H and O–H groups in total. The Labute approximate surface area is 134 Å². The van der Waals surface area contributed by atoms with Crippen LogP contribution in [0.5, 0.6) is 0 Å². The van der Waals surface area contributed by atoms with Crippen LogP contribution < -0.4 is 10.6 Å².